The highest BCUT2D eigenvalue weighted by Gasteiger charge is 2.41. The summed E-state index contributed by atoms with van der Waals surface area (Å²) in [7, 11) is 0. The number of fused-ring (bicyclic) bond motifs is 1. The van der Waals surface area contributed by atoms with Crippen LogP contribution in [0.15, 0.2) is 23.9 Å². The SMILES string of the molecule is CCOC(=O)N1CCC(N2C(=O)/C(=C3/COCCN3)c3cc([N+](=O)[O-])ccc32)CC1. The lowest BCUT2D eigenvalue weighted by Gasteiger charge is -2.36. The van der Waals surface area contributed by atoms with Gasteiger partial charge in [0.1, 0.15) is 0 Å². The number of carbonyl (C=O) groups is 2. The van der Waals surface area contributed by atoms with Crippen molar-refractivity contribution in [2.24, 2.45) is 0 Å². The number of nitrogens with zero attached hydrogens (tertiary/aromatic N) is 3. The summed E-state index contributed by atoms with van der Waals surface area (Å²) < 4.78 is 10.6. The lowest BCUT2D eigenvalue weighted by Crippen LogP contribution is -2.48. The van der Waals surface area contributed by atoms with E-state index in [1.807, 2.05) is 0 Å². The van der Waals surface area contributed by atoms with Crippen LogP contribution in [0.25, 0.3) is 5.57 Å². The van der Waals surface area contributed by atoms with Gasteiger partial charge in [-0.25, -0.2) is 4.79 Å². The molecule has 10 heteroatoms. The van der Waals surface area contributed by atoms with E-state index in [4.69, 9.17) is 9.47 Å². The Bertz CT molecular complexity index is 899. The summed E-state index contributed by atoms with van der Waals surface area (Å²) in [6.07, 6.45) is 0.868. The van der Waals surface area contributed by atoms with Gasteiger partial charge in [-0.3, -0.25) is 14.9 Å². The van der Waals surface area contributed by atoms with Crippen LogP contribution in [0.1, 0.15) is 25.3 Å². The zero-order chi connectivity index (χ0) is 21.3. The molecule has 10 nitrogen and oxygen atoms in total. The molecule has 1 aromatic carbocycles. The summed E-state index contributed by atoms with van der Waals surface area (Å²) in [4.78, 5) is 39.6. The Morgan fingerprint density at radius 2 is 2.13 bits per heavy atom. The van der Waals surface area contributed by atoms with E-state index in [1.54, 1.807) is 22.8 Å². The average molecular weight is 416 g/mol. The fourth-order valence-electron chi connectivity index (χ4n) is 4.23. The van der Waals surface area contributed by atoms with Crippen LogP contribution in [-0.2, 0) is 14.3 Å². The Labute approximate surface area is 173 Å². The van der Waals surface area contributed by atoms with Crippen molar-refractivity contribution in [1.29, 1.82) is 0 Å². The second-order valence-corrected chi connectivity index (χ2v) is 7.38. The molecule has 0 spiro atoms. The van der Waals surface area contributed by atoms with E-state index in [0.717, 1.165) is 0 Å². The number of piperidine rings is 1. The summed E-state index contributed by atoms with van der Waals surface area (Å²) >= 11 is 0. The summed E-state index contributed by atoms with van der Waals surface area (Å²) in [5.74, 6) is -0.187. The normalized spacial score (nSPS) is 22.0. The van der Waals surface area contributed by atoms with E-state index in [-0.39, 0.29) is 30.3 Å². The Balaban J connectivity index is 1.65. The van der Waals surface area contributed by atoms with Gasteiger partial charge in [0.15, 0.2) is 0 Å². The van der Waals surface area contributed by atoms with E-state index in [9.17, 15) is 19.7 Å². The molecule has 0 aromatic heterocycles. The molecule has 3 aliphatic rings. The number of carbonyl (C=O) groups excluding carboxylic acids is 2. The van der Waals surface area contributed by atoms with E-state index in [0.29, 0.717) is 68.2 Å². The number of benzene rings is 1. The fraction of sp³-hybridized carbons (Fsp3) is 0.500. The minimum atomic E-state index is -0.460. The van der Waals surface area contributed by atoms with Gasteiger partial charge in [0.25, 0.3) is 11.6 Å². The van der Waals surface area contributed by atoms with Crippen LogP contribution in [0.5, 0.6) is 0 Å². The van der Waals surface area contributed by atoms with E-state index < -0.39 is 4.92 Å². The molecule has 3 heterocycles. The molecule has 2 saturated heterocycles. The molecule has 30 heavy (non-hydrogen) atoms. The number of nitrogens with one attached hydrogen (secondary N) is 1. The standard InChI is InChI=1S/C20H24N4O6/c1-2-30-20(26)22-8-5-13(6-9-22)23-17-4-3-14(24(27)28)11-15(17)18(19(23)25)16-12-29-10-7-21-16/h3-4,11,13,21H,2,5-10,12H2,1H3/b18-16-. The van der Waals surface area contributed by atoms with Crippen molar-refractivity contribution >= 4 is 28.9 Å². The summed E-state index contributed by atoms with van der Waals surface area (Å²) in [6.45, 7) is 4.45. The molecule has 160 valence electrons. The molecule has 2 fully saturated rings. The lowest BCUT2D eigenvalue weighted by molar-refractivity contribution is -0.384. The quantitative estimate of drug-likeness (QED) is 0.455. The molecule has 0 atom stereocenters. The number of non-ortho nitro benzene ring substituents is 1. The van der Waals surface area contributed by atoms with Crippen molar-refractivity contribution in [2.75, 3.05) is 44.4 Å². The minimum absolute atomic E-state index is 0.0599. The van der Waals surface area contributed by atoms with E-state index in [2.05, 4.69) is 5.32 Å². The van der Waals surface area contributed by atoms with Crippen molar-refractivity contribution in [1.82, 2.24) is 10.2 Å². The number of amides is 2. The number of rotatable bonds is 3. The average Bonchev–Trinajstić information content (AvgIpc) is 3.05. The molecule has 4 rings (SSSR count). The first kappa shape index (κ1) is 20.1. The highest BCUT2D eigenvalue weighted by atomic mass is 16.6. The fourth-order valence-corrected chi connectivity index (χ4v) is 4.23. The molecule has 1 N–H and O–H groups in total. The number of ether oxygens (including phenoxy) is 2. The molecule has 0 radical (unpaired) electrons. The first-order valence-electron chi connectivity index (χ1n) is 10.1. The van der Waals surface area contributed by atoms with E-state index >= 15 is 0 Å². The first-order chi connectivity index (χ1) is 14.5. The van der Waals surface area contributed by atoms with Gasteiger partial charge in [0.05, 0.1) is 41.7 Å². The van der Waals surface area contributed by atoms with Gasteiger partial charge in [-0.05, 0) is 25.8 Å². The van der Waals surface area contributed by atoms with Gasteiger partial charge in [0.2, 0.25) is 0 Å². The van der Waals surface area contributed by atoms with Crippen LogP contribution in [-0.4, -0.2) is 67.3 Å². The third-order valence-electron chi connectivity index (χ3n) is 5.64. The van der Waals surface area contributed by atoms with Crippen molar-refractivity contribution in [3.8, 4) is 0 Å². The number of anilines is 1. The molecule has 0 bridgehead atoms. The molecule has 2 amide bonds. The monoisotopic (exact) mass is 416 g/mol. The van der Waals surface area contributed by atoms with Crippen LogP contribution >= 0.6 is 0 Å². The van der Waals surface area contributed by atoms with Gasteiger partial charge in [0, 0.05) is 43.4 Å². The van der Waals surface area contributed by atoms with Crippen molar-refractivity contribution in [3.63, 3.8) is 0 Å². The zero-order valence-electron chi connectivity index (χ0n) is 16.8. The molecular weight excluding hydrogens is 392 g/mol. The smallest absolute Gasteiger partial charge is 0.409 e. The Morgan fingerprint density at radius 1 is 1.37 bits per heavy atom. The number of hydrogen-bond acceptors (Lipinski definition) is 7. The number of morpholine rings is 1. The van der Waals surface area contributed by atoms with Gasteiger partial charge >= 0.3 is 6.09 Å². The number of likely N-dealkylation sites (tertiary alicyclic amines) is 1. The summed E-state index contributed by atoms with van der Waals surface area (Å²) in [5, 5.41) is 14.5. The highest BCUT2D eigenvalue weighted by Crippen LogP contribution is 2.42. The van der Waals surface area contributed by atoms with Crippen LogP contribution in [0.3, 0.4) is 0 Å². The summed E-state index contributed by atoms with van der Waals surface area (Å²) in [5.41, 5.74) is 2.24. The number of nitro benzene ring substituents is 1. The minimum Gasteiger partial charge on any atom is -0.450 e. The maximum Gasteiger partial charge on any atom is 0.409 e. The maximum atomic E-state index is 13.5. The van der Waals surface area contributed by atoms with Crippen LogP contribution in [0.2, 0.25) is 0 Å². The lowest BCUT2D eigenvalue weighted by atomic mass is 10.0. The van der Waals surface area contributed by atoms with Gasteiger partial charge in [-0.1, -0.05) is 0 Å². The zero-order valence-corrected chi connectivity index (χ0v) is 16.8. The van der Waals surface area contributed by atoms with Gasteiger partial charge < -0.3 is 24.6 Å². The molecule has 0 unspecified atom stereocenters. The predicted molar refractivity (Wildman–Crippen MR) is 108 cm³/mol. The molecule has 3 aliphatic heterocycles. The van der Waals surface area contributed by atoms with Crippen molar-refractivity contribution in [2.45, 2.75) is 25.8 Å². The Morgan fingerprint density at radius 3 is 2.77 bits per heavy atom. The largest absolute Gasteiger partial charge is 0.450 e. The predicted octanol–water partition coefficient (Wildman–Crippen LogP) is 1.89. The van der Waals surface area contributed by atoms with E-state index in [1.165, 1.54) is 12.1 Å². The molecular formula is C20H24N4O6. The van der Waals surface area contributed by atoms with Crippen LogP contribution in [0.4, 0.5) is 16.2 Å². The molecule has 1 aromatic rings. The third-order valence-corrected chi connectivity index (χ3v) is 5.64. The molecule has 0 saturated carbocycles. The number of hydrogen-bond donors (Lipinski definition) is 1. The maximum absolute atomic E-state index is 13.5. The molecule has 0 aliphatic carbocycles. The van der Waals surface area contributed by atoms with Crippen molar-refractivity contribution < 1.29 is 24.0 Å². The Kier molecular flexibility index (Phi) is 5.58. The Hall–Kier alpha value is -3.14. The van der Waals surface area contributed by atoms with Crippen LogP contribution < -0.4 is 10.2 Å². The van der Waals surface area contributed by atoms with Gasteiger partial charge in [-0.15, -0.1) is 0 Å². The third kappa shape index (κ3) is 3.58. The number of nitro groups is 1. The highest BCUT2D eigenvalue weighted by molar-refractivity contribution is 6.33. The second kappa shape index (κ2) is 8.31. The van der Waals surface area contributed by atoms with Crippen LogP contribution in [0, 0.1) is 10.1 Å². The topological polar surface area (TPSA) is 114 Å². The van der Waals surface area contributed by atoms with Crippen molar-refractivity contribution in [3.05, 3.63) is 39.6 Å². The summed E-state index contributed by atoms with van der Waals surface area (Å²) in [6, 6.07) is 4.41. The first-order valence-corrected chi connectivity index (χ1v) is 10.1. The van der Waals surface area contributed by atoms with Gasteiger partial charge in [-0.2, -0.15) is 0 Å². The second-order valence-electron chi connectivity index (χ2n) is 7.38.